The highest BCUT2D eigenvalue weighted by Gasteiger charge is 2.09. The molecule has 0 aliphatic carbocycles. The quantitative estimate of drug-likeness (QED) is 0.491. The van der Waals surface area contributed by atoms with Crippen LogP contribution in [-0.4, -0.2) is 27.0 Å². The van der Waals surface area contributed by atoms with Crippen molar-refractivity contribution >= 4 is 25.8 Å². The van der Waals surface area contributed by atoms with Crippen LogP contribution in [0.25, 0.3) is 11.1 Å². The topological polar surface area (TPSA) is 43.4 Å². The van der Waals surface area contributed by atoms with Gasteiger partial charge in [0.1, 0.15) is 15.6 Å². The molecule has 0 aromatic heterocycles. The number of halogens is 1. The zero-order valence-electron chi connectivity index (χ0n) is 14.3. The fraction of sp³-hybridized carbons (Fsp3) is 0.368. The summed E-state index contributed by atoms with van der Waals surface area (Å²) in [5.74, 6) is 0.946. The summed E-state index contributed by atoms with van der Waals surface area (Å²) < 4.78 is 28.0. The van der Waals surface area contributed by atoms with Gasteiger partial charge in [-0.2, -0.15) is 0 Å². The van der Waals surface area contributed by atoms with E-state index in [-0.39, 0.29) is 5.75 Å². The van der Waals surface area contributed by atoms with E-state index in [1.54, 1.807) is 0 Å². The monoisotopic (exact) mass is 410 g/mol. The second kappa shape index (κ2) is 8.17. The summed E-state index contributed by atoms with van der Waals surface area (Å²) in [5.41, 5.74) is 5.97. The molecule has 0 spiro atoms. The van der Waals surface area contributed by atoms with Crippen molar-refractivity contribution < 1.29 is 13.2 Å². The van der Waals surface area contributed by atoms with Crippen molar-refractivity contribution in [1.29, 1.82) is 0 Å². The lowest BCUT2D eigenvalue weighted by molar-refractivity contribution is 0.317. The Hall–Kier alpha value is -1.33. The van der Waals surface area contributed by atoms with Crippen LogP contribution in [0.5, 0.6) is 5.75 Å². The third kappa shape index (κ3) is 5.35. The molecule has 2 aromatic rings. The maximum Gasteiger partial charge on any atom is 0.147 e. The highest BCUT2D eigenvalue weighted by Crippen LogP contribution is 2.31. The van der Waals surface area contributed by atoms with Crippen LogP contribution in [0.3, 0.4) is 0 Å². The van der Waals surface area contributed by atoms with E-state index in [4.69, 9.17) is 4.74 Å². The fourth-order valence-electron chi connectivity index (χ4n) is 2.78. The van der Waals surface area contributed by atoms with Crippen molar-refractivity contribution in [2.45, 2.75) is 25.6 Å². The van der Waals surface area contributed by atoms with Crippen LogP contribution >= 0.6 is 15.9 Å². The normalized spacial score (nSPS) is 11.5. The zero-order chi connectivity index (χ0) is 17.7. The van der Waals surface area contributed by atoms with E-state index in [9.17, 15) is 8.42 Å². The van der Waals surface area contributed by atoms with Crippen molar-refractivity contribution in [3.63, 3.8) is 0 Å². The number of benzene rings is 2. The van der Waals surface area contributed by atoms with E-state index in [1.807, 2.05) is 12.1 Å². The van der Waals surface area contributed by atoms with Gasteiger partial charge in [0, 0.05) is 11.6 Å². The summed E-state index contributed by atoms with van der Waals surface area (Å²) in [6.07, 6.45) is 1.75. The molecule has 24 heavy (non-hydrogen) atoms. The predicted molar refractivity (Wildman–Crippen MR) is 104 cm³/mol. The molecule has 130 valence electrons. The first-order chi connectivity index (χ1) is 11.3. The van der Waals surface area contributed by atoms with Crippen LogP contribution in [0.2, 0.25) is 0 Å². The molecule has 0 aliphatic rings. The largest absolute Gasteiger partial charge is 0.494 e. The Morgan fingerprint density at radius 1 is 1.08 bits per heavy atom. The molecule has 0 amide bonds. The minimum atomic E-state index is -2.93. The highest BCUT2D eigenvalue weighted by molar-refractivity contribution is 9.08. The van der Waals surface area contributed by atoms with Crippen LogP contribution in [0.1, 0.15) is 23.1 Å². The molecule has 0 saturated heterocycles. The minimum Gasteiger partial charge on any atom is -0.494 e. The molecule has 0 N–H and O–H groups in total. The molecule has 0 unspecified atom stereocenters. The lowest BCUT2D eigenvalue weighted by atomic mass is 9.94. The van der Waals surface area contributed by atoms with Gasteiger partial charge in [-0.3, -0.25) is 0 Å². The molecule has 0 aliphatic heterocycles. The number of aryl methyl sites for hydroxylation is 2. The predicted octanol–water partition coefficient (Wildman–Crippen LogP) is 4.68. The second-order valence-corrected chi connectivity index (χ2v) is 8.92. The van der Waals surface area contributed by atoms with Gasteiger partial charge in [-0.25, -0.2) is 8.42 Å². The van der Waals surface area contributed by atoms with Crippen LogP contribution < -0.4 is 4.74 Å². The zero-order valence-corrected chi connectivity index (χ0v) is 16.7. The van der Waals surface area contributed by atoms with Crippen LogP contribution in [-0.2, 0) is 15.2 Å². The van der Waals surface area contributed by atoms with Crippen molar-refractivity contribution in [3.05, 3.63) is 53.1 Å². The first-order valence-electron chi connectivity index (χ1n) is 7.87. The molecular formula is C19H23BrO3S. The summed E-state index contributed by atoms with van der Waals surface area (Å²) in [5, 5.41) is 0.834. The Bertz CT molecular complexity index is 790. The Balaban J connectivity index is 2.16. The second-order valence-electron chi connectivity index (χ2n) is 6.10. The molecule has 2 rings (SSSR count). The van der Waals surface area contributed by atoms with Gasteiger partial charge in [0.05, 0.1) is 12.4 Å². The molecule has 0 bridgehead atoms. The smallest absolute Gasteiger partial charge is 0.147 e. The number of alkyl halides is 1. The average Bonchev–Trinajstić information content (AvgIpc) is 2.50. The maximum atomic E-state index is 11.1. The summed E-state index contributed by atoms with van der Waals surface area (Å²) in [4.78, 5) is 0. The van der Waals surface area contributed by atoms with Gasteiger partial charge in [0.25, 0.3) is 0 Å². The van der Waals surface area contributed by atoms with E-state index in [1.165, 1.54) is 22.9 Å². The molecule has 0 atom stereocenters. The molecule has 0 radical (unpaired) electrons. The van der Waals surface area contributed by atoms with E-state index >= 15 is 0 Å². The van der Waals surface area contributed by atoms with Crippen LogP contribution in [0.4, 0.5) is 0 Å². The fourth-order valence-corrected chi connectivity index (χ4v) is 3.77. The summed E-state index contributed by atoms with van der Waals surface area (Å²) in [6, 6.07) is 12.5. The molecule has 3 nitrogen and oxygen atoms in total. The Morgan fingerprint density at radius 3 is 2.33 bits per heavy atom. The van der Waals surface area contributed by atoms with Crippen molar-refractivity contribution in [2.24, 2.45) is 0 Å². The van der Waals surface area contributed by atoms with E-state index < -0.39 is 9.84 Å². The molecule has 0 fully saturated rings. The standard InChI is InChI=1S/C19H23BrO3S/c1-14-10-18(23-8-5-9-24(3,21)22)11-15(2)19(14)17-7-4-6-16(12-17)13-20/h4,6-7,10-12H,5,8-9,13H2,1-3H3. The summed E-state index contributed by atoms with van der Waals surface area (Å²) in [7, 11) is -2.93. The summed E-state index contributed by atoms with van der Waals surface area (Å²) in [6.45, 7) is 4.56. The number of hydrogen-bond acceptors (Lipinski definition) is 3. The van der Waals surface area contributed by atoms with Crippen LogP contribution in [0, 0.1) is 13.8 Å². The summed E-state index contributed by atoms with van der Waals surface area (Å²) >= 11 is 3.50. The van der Waals surface area contributed by atoms with Gasteiger partial charge in [-0.1, -0.05) is 40.2 Å². The number of rotatable bonds is 7. The Kier molecular flexibility index (Phi) is 6.47. The van der Waals surface area contributed by atoms with E-state index in [0.29, 0.717) is 13.0 Å². The van der Waals surface area contributed by atoms with Gasteiger partial charge in [-0.05, 0) is 60.2 Å². The molecule has 0 saturated carbocycles. The first kappa shape index (κ1) is 19.0. The van der Waals surface area contributed by atoms with Crippen molar-refractivity contribution in [1.82, 2.24) is 0 Å². The van der Waals surface area contributed by atoms with Gasteiger partial charge in [-0.15, -0.1) is 0 Å². The molecule has 0 heterocycles. The van der Waals surface area contributed by atoms with Crippen molar-refractivity contribution in [2.75, 3.05) is 18.6 Å². The van der Waals surface area contributed by atoms with Gasteiger partial charge in [0.2, 0.25) is 0 Å². The minimum absolute atomic E-state index is 0.155. The molecular weight excluding hydrogens is 388 g/mol. The molecule has 2 aromatic carbocycles. The lowest BCUT2D eigenvalue weighted by Gasteiger charge is -2.14. The van der Waals surface area contributed by atoms with E-state index in [2.05, 4.69) is 54.0 Å². The first-order valence-corrected chi connectivity index (χ1v) is 11.1. The highest BCUT2D eigenvalue weighted by atomic mass is 79.9. The molecule has 5 heteroatoms. The third-order valence-corrected chi connectivity index (χ3v) is 5.48. The third-order valence-electron chi connectivity index (χ3n) is 3.80. The van der Waals surface area contributed by atoms with E-state index in [0.717, 1.165) is 22.2 Å². The van der Waals surface area contributed by atoms with Gasteiger partial charge >= 0.3 is 0 Å². The maximum absolute atomic E-state index is 11.1. The van der Waals surface area contributed by atoms with Crippen molar-refractivity contribution in [3.8, 4) is 16.9 Å². The SMILES string of the molecule is Cc1cc(OCCCS(C)(=O)=O)cc(C)c1-c1cccc(CBr)c1. The number of sulfone groups is 1. The van der Waals surface area contributed by atoms with Gasteiger partial charge in [0.15, 0.2) is 0 Å². The Morgan fingerprint density at radius 2 is 1.75 bits per heavy atom. The average molecular weight is 411 g/mol. The number of hydrogen-bond donors (Lipinski definition) is 0. The lowest BCUT2D eigenvalue weighted by Crippen LogP contribution is -2.08. The van der Waals surface area contributed by atoms with Crippen LogP contribution in [0.15, 0.2) is 36.4 Å². The Labute approximate surface area is 153 Å². The number of ether oxygens (including phenoxy) is 1. The van der Waals surface area contributed by atoms with Gasteiger partial charge < -0.3 is 4.74 Å².